The fourth-order valence-electron chi connectivity index (χ4n) is 3.65. The largest absolute Gasteiger partial charge is 0.508 e. The van der Waals surface area contributed by atoms with Gasteiger partial charge in [-0.25, -0.2) is 0 Å². The van der Waals surface area contributed by atoms with Crippen LogP contribution in [0.3, 0.4) is 0 Å². The van der Waals surface area contributed by atoms with E-state index < -0.39 is 7.26 Å². The van der Waals surface area contributed by atoms with Crippen molar-refractivity contribution in [3.05, 3.63) is 121 Å². The van der Waals surface area contributed by atoms with E-state index in [1.165, 1.54) is 21.5 Å². The molecule has 0 aliphatic rings. The Morgan fingerprint density at radius 1 is 0.481 bits per heavy atom. The van der Waals surface area contributed by atoms with Gasteiger partial charge in [-0.3, -0.25) is 0 Å². The molecule has 4 aromatic carbocycles. The maximum absolute atomic E-state index is 9.87. The summed E-state index contributed by atoms with van der Waals surface area (Å²) in [7, 11) is -1.91. The van der Waals surface area contributed by atoms with Crippen LogP contribution in [0.4, 0.5) is 0 Å². The Balaban J connectivity index is 2.00. The second-order valence-corrected chi connectivity index (χ2v) is 10.1. The van der Waals surface area contributed by atoms with Gasteiger partial charge in [-0.15, -0.1) is 0 Å². The lowest BCUT2D eigenvalue weighted by Crippen LogP contribution is -2.32. The summed E-state index contributed by atoms with van der Waals surface area (Å²) < 4.78 is 0. The zero-order chi connectivity index (χ0) is 18.5. The standard InChI is InChI=1S/C25H21OP/c26-22-16-18-25(19-17-22)27(23-12-6-2-7-13-23,24-14-8-3-9-15-24)20-21-10-4-1-5-11-21/h1-19H,20H2/p+1. The molecule has 1 N–H and O–H groups in total. The van der Waals surface area contributed by atoms with E-state index in [4.69, 9.17) is 0 Å². The molecule has 0 radical (unpaired) electrons. The summed E-state index contributed by atoms with van der Waals surface area (Å²) in [4.78, 5) is 0. The first-order valence-electron chi connectivity index (χ1n) is 9.12. The van der Waals surface area contributed by atoms with E-state index in [9.17, 15) is 5.11 Å². The van der Waals surface area contributed by atoms with E-state index in [1.807, 2.05) is 0 Å². The van der Waals surface area contributed by atoms with Crippen molar-refractivity contribution in [3.8, 4) is 5.75 Å². The Labute approximate surface area is 161 Å². The fraction of sp³-hybridized carbons (Fsp3) is 0.0400. The maximum Gasteiger partial charge on any atom is 0.116 e. The molecule has 0 unspecified atom stereocenters. The molecule has 0 bridgehead atoms. The number of hydrogen-bond donors (Lipinski definition) is 1. The number of aromatic hydroxyl groups is 1. The van der Waals surface area contributed by atoms with Crippen molar-refractivity contribution in [2.24, 2.45) is 0 Å². The molecule has 0 amide bonds. The van der Waals surface area contributed by atoms with Gasteiger partial charge in [0.2, 0.25) is 0 Å². The van der Waals surface area contributed by atoms with Crippen molar-refractivity contribution < 1.29 is 5.11 Å². The summed E-state index contributed by atoms with van der Waals surface area (Å²) in [6, 6.07) is 40.1. The quantitative estimate of drug-likeness (QED) is 0.497. The average molecular weight is 369 g/mol. The number of phenols is 1. The second kappa shape index (κ2) is 7.78. The first-order chi connectivity index (χ1) is 13.3. The van der Waals surface area contributed by atoms with E-state index in [2.05, 4.69) is 103 Å². The number of phenolic OH excluding ortho intramolecular Hbond substituents is 1. The van der Waals surface area contributed by atoms with E-state index in [1.54, 1.807) is 12.1 Å². The first-order valence-corrected chi connectivity index (χ1v) is 11.1. The van der Waals surface area contributed by atoms with Crippen LogP contribution in [0.5, 0.6) is 5.75 Å². The van der Waals surface area contributed by atoms with Gasteiger partial charge in [-0.1, -0.05) is 66.7 Å². The molecule has 0 heterocycles. The SMILES string of the molecule is Oc1ccc([P+](Cc2ccccc2)(c2ccccc2)c2ccccc2)cc1. The molecule has 0 aliphatic carbocycles. The second-order valence-electron chi connectivity index (χ2n) is 6.64. The van der Waals surface area contributed by atoms with Crippen molar-refractivity contribution in [2.45, 2.75) is 6.16 Å². The normalized spacial score (nSPS) is 11.3. The third-order valence-corrected chi connectivity index (χ3v) is 9.33. The Morgan fingerprint density at radius 3 is 1.37 bits per heavy atom. The molecule has 0 saturated carbocycles. The van der Waals surface area contributed by atoms with Gasteiger partial charge < -0.3 is 5.11 Å². The monoisotopic (exact) mass is 369 g/mol. The van der Waals surface area contributed by atoms with E-state index in [-0.39, 0.29) is 0 Å². The summed E-state index contributed by atoms with van der Waals surface area (Å²) in [6.07, 6.45) is 0.951. The molecule has 132 valence electrons. The van der Waals surface area contributed by atoms with Crippen molar-refractivity contribution in [1.82, 2.24) is 0 Å². The lowest BCUT2D eigenvalue weighted by Gasteiger charge is -2.27. The molecule has 2 heteroatoms. The summed E-state index contributed by atoms with van der Waals surface area (Å²) in [5, 5.41) is 13.8. The zero-order valence-corrected chi connectivity index (χ0v) is 16.0. The summed E-state index contributed by atoms with van der Waals surface area (Å²) in [5.74, 6) is 0.303. The van der Waals surface area contributed by atoms with Gasteiger partial charge in [-0.2, -0.15) is 0 Å². The predicted octanol–water partition coefficient (Wildman–Crippen LogP) is 4.89. The van der Waals surface area contributed by atoms with Crippen LogP contribution in [-0.4, -0.2) is 5.11 Å². The maximum atomic E-state index is 9.87. The third kappa shape index (κ3) is 3.52. The van der Waals surface area contributed by atoms with E-state index in [0.29, 0.717) is 5.75 Å². The van der Waals surface area contributed by atoms with Crippen LogP contribution in [0.15, 0.2) is 115 Å². The molecular weight excluding hydrogens is 347 g/mol. The highest BCUT2D eigenvalue weighted by molar-refractivity contribution is 7.95. The first kappa shape index (κ1) is 17.5. The summed E-state index contributed by atoms with van der Waals surface area (Å²) >= 11 is 0. The smallest absolute Gasteiger partial charge is 0.116 e. The Bertz CT molecular complexity index is 941. The molecule has 4 aromatic rings. The molecule has 1 nitrogen and oxygen atoms in total. The topological polar surface area (TPSA) is 20.2 Å². The van der Waals surface area contributed by atoms with Crippen molar-refractivity contribution in [3.63, 3.8) is 0 Å². The molecule has 0 saturated heterocycles. The molecule has 0 aromatic heterocycles. The number of hydrogen-bond acceptors (Lipinski definition) is 1. The number of benzene rings is 4. The Kier molecular flexibility index (Phi) is 5.05. The lowest BCUT2D eigenvalue weighted by atomic mass is 10.2. The molecule has 0 fully saturated rings. The number of rotatable bonds is 5. The Morgan fingerprint density at radius 2 is 0.889 bits per heavy atom. The van der Waals surface area contributed by atoms with Crippen LogP contribution in [0, 0.1) is 0 Å². The highest BCUT2D eigenvalue weighted by Crippen LogP contribution is 2.58. The van der Waals surface area contributed by atoms with Gasteiger partial charge in [0.05, 0.1) is 6.16 Å². The minimum absolute atomic E-state index is 0.303. The molecule has 27 heavy (non-hydrogen) atoms. The lowest BCUT2D eigenvalue weighted by molar-refractivity contribution is 0.475. The van der Waals surface area contributed by atoms with Crippen LogP contribution < -0.4 is 15.9 Å². The van der Waals surface area contributed by atoms with Crippen LogP contribution in [0.25, 0.3) is 0 Å². The molecule has 0 atom stereocenters. The average Bonchev–Trinajstić information content (AvgIpc) is 2.75. The Hall–Kier alpha value is -2.89. The highest BCUT2D eigenvalue weighted by Gasteiger charge is 2.45. The third-order valence-electron chi connectivity index (χ3n) is 4.95. The minimum Gasteiger partial charge on any atom is -0.508 e. The molecule has 0 aliphatic heterocycles. The minimum atomic E-state index is -1.91. The van der Waals surface area contributed by atoms with Crippen LogP contribution >= 0.6 is 7.26 Å². The van der Waals surface area contributed by atoms with Gasteiger partial charge >= 0.3 is 0 Å². The van der Waals surface area contributed by atoms with Gasteiger partial charge in [0.25, 0.3) is 0 Å². The fourth-order valence-corrected chi connectivity index (χ4v) is 7.87. The van der Waals surface area contributed by atoms with Gasteiger partial charge in [-0.05, 0) is 54.1 Å². The van der Waals surface area contributed by atoms with Crippen molar-refractivity contribution in [1.29, 1.82) is 0 Å². The zero-order valence-electron chi connectivity index (χ0n) is 15.1. The van der Waals surface area contributed by atoms with Gasteiger partial charge in [0.15, 0.2) is 0 Å². The van der Waals surface area contributed by atoms with Gasteiger partial charge in [0.1, 0.15) is 28.9 Å². The summed E-state index contributed by atoms with van der Waals surface area (Å²) in [5.41, 5.74) is 1.33. The van der Waals surface area contributed by atoms with Crippen LogP contribution in [0.1, 0.15) is 5.56 Å². The predicted molar refractivity (Wildman–Crippen MR) is 117 cm³/mol. The van der Waals surface area contributed by atoms with Gasteiger partial charge in [0, 0.05) is 0 Å². The van der Waals surface area contributed by atoms with Crippen molar-refractivity contribution in [2.75, 3.05) is 0 Å². The molecule has 4 rings (SSSR count). The van der Waals surface area contributed by atoms with E-state index in [0.717, 1.165) is 6.16 Å². The van der Waals surface area contributed by atoms with Crippen molar-refractivity contribution >= 4 is 23.2 Å². The van der Waals surface area contributed by atoms with Crippen LogP contribution in [0.2, 0.25) is 0 Å². The van der Waals surface area contributed by atoms with E-state index >= 15 is 0 Å². The molecular formula is C25H22OP+. The highest BCUT2D eigenvalue weighted by atomic mass is 31.2. The molecule has 0 spiro atoms. The van der Waals surface area contributed by atoms with Crippen LogP contribution in [-0.2, 0) is 6.16 Å². The summed E-state index contributed by atoms with van der Waals surface area (Å²) in [6.45, 7) is 0.